The van der Waals surface area contributed by atoms with Gasteiger partial charge in [-0.05, 0) is 37.2 Å². The van der Waals surface area contributed by atoms with Crippen LogP contribution in [-0.4, -0.2) is 25.7 Å². The van der Waals surface area contributed by atoms with E-state index in [4.69, 9.17) is 16.6 Å². The second-order valence-electron chi connectivity index (χ2n) is 7.17. The van der Waals surface area contributed by atoms with Crippen LogP contribution in [0.4, 0.5) is 0 Å². The van der Waals surface area contributed by atoms with E-state index in [9.17, 15) is 4.79 Å². The first-order valence-corrected chi connectivity index (χ1v) is 10.2. The summed E-state index contributed by atoms with van der Waals surface area (Å²) in [5, 5.41) is 10.0. The van der Waals surface area contributed by atoms with Crippen molar-refractivity contribution in [2.45, 2.75) is 25.4 Å². The van der Waals surface area contributed by atoms with Gasteiger partial charge in [-0.15, -0.1) is 0 Å². The van der Waals surface area contributed by atoms with Crippen LogP contribution in [0.15, 0.2) is 65.2 Å². The zero-order valence-electron chi connectivity index (χ0n) is 16.0. The predicted octanol–water partition coefficient (Wildman–Crippen LogP) is 4.53. The quantitative estimate of drug-likeness (QED) is 0.450. The smallest absolute Gasteiger partial charge is 0.252 e. The number of oxazole rings is 1. The molecule has 2 aromatic carbocycles. The predicted molar refractivity (Wildman–Crippen MR) is 114 cm³/mol. The Kier molecular flexibility index (Phi) is 4.76. The molecule has 5 rings (SSSR count). The molecule has 4 aromatic rings. The van der Waals surface area contributed by atoms with Gasteiger partial charge in [-0.25, -0.2) is 4.98 Å². The number of hydrogen-bond donors (Lipinski definition) is 2. The van der Waals surface area contributed by atoms with E-state index in [1.165, 1.54) is 0 Å². The van der Waals surface area contributed by atoms with Crippen LogP contribution in [-0.2, 0) is 6.54 Å². The topological polar surface area (TPSA) is 88.7 Å². The highest BCUT2D eigenvalue weighted by molar-refractivity contribution is 7.71. The van der Waals surface area contributed by atoms with E-state index < -0.39 is 0 Å². The van der Waals surface area contributed by atoms with Gasteiger partial charge in [0.25, 0.3) is 5.91 Å². The molecule has 8 heteroatoms. The molecule has 0 aliphatic heterocycles. The number of hydrogen-bond acceptors (Lipinski definition) is 5. The first kappa shape index (κ1) is 18.5. The average molecular weight is 417 g/mol. The van der Waals surface area contributed by atoms with Crippen molar-refractivity contribution in [3.8, 4) is 22.8 Å². The third-order valence-corrected chi connectivity index (χ3v) is 5.35. The fourth-order valence-corrected chi connectivity index (χ4v) is 3.73. The second-order valence-corrected chi connectivity index (χ2v) is 7.56. The summed E-state index contributed by atoms with van der Waals surface area (Å²) in [5.74, 6) is 1.57. The number of carbonyl (C=O) groups excluding carboxylic acids is 1. The normalized spacial score (nSPS) is 13.3. The third kappa shape index (κ3) is 3.57. The summed E-state index contributed by atoms with van der Waals surface area (Å²) in [5.41, 5.74) is 2.06. The van der Waals surface area contributed by atoms with Crippen molar-refractivity contribution in [3.63, 3.8) is 0 Å². The number of rotatable bonds is 6. The van der Waals surface area contributed by atoms with Crippen molar-refractivity contribution in [2.75, 3.05) is 0 Å². The molecule has 0 radical (unpaired) electrons. The Morgan fingerprint density at radius 2 is 1.93 bits per heavy atom. The minimum Gasteiger partial charge on any atom is -0.436 e. The Balaban J connectivity index is 1.38. The van der Waals surface area contributed by atoms with Crippen LogP contribution in [0.1, 0.15) is 35.1 Å². The highest BCUT2D eigenvalue weighted by Gasteiger charge is 2.27. The van der Waals surface area contributed by atoms with E-state index in [1.54, 1.807) is 12.3 Å². The third-order valence-electron chi connectivity index (χ3n) is 5.06. The van der Waals surface area contributed by atoms with Crippen LogP contribution in [0.3, 0.4) is 0 Å². The highest BCUT2D eigenvalue weighted by atomic mass is 32.1. The van der Waals surface area contributed by atoms with Crippen molar-refractivity contribution in [2.24, 2.45) is 0 Å². The number of amides is 1. The highest BCUT2D eigenvalue weighted by Crippen LogP contribution is 2.35. The summed E-state index contributed by atoms with van der Waals surface area (Å²) in [7, 11) is 0. The van der Waals surface area contributed by atoms with Gasteiger partial charge >= 0.3 is 0 Å². The first-order valence-electron chi connectivity index (χ1n) is 9.75. The number of aromatic nitrogens is 4. The minimum atomic E-state index is -0.221. The van der Waals surface area contributed by atoms with Gasteiger partial charge < -0.3 is 9.73 Å². The Morgan fingerprint density at radius 3 is 2.73 bits per heavy atom. The molecule has 30 heavy (non-hydrogen) atoms. The van der Waals surface area contributed by atoms with Crippen molar-refractivity contribution >= 4 is 18.1 Å². The van der Waals surface area contributed by atoms with Crippen LogP contribution in [0.5, 0.6) is 0 Å². The van der Waals surface area contributed by atoms with Gasteiger partial charge in [0.2, 0.25) is 5.89 Å². The maximum absolute atomic E-state index is 12.9. The first-order chi connectivity index (χ1) is 14.7. The molecule has 0 atom stereocenters. The lowest BCUT2D eigenvalue weighted by Crippen LogP contribution is -2.25. The molecule has 0 spiro atoms. The molecule has 2 heterocycles. The summed E-state index contributed by atoms with van der Waals surface area (Å²) >= 11 is 5.30. The van der Waals surface area contributed by atoms with Crippen molar-refractivity contribution < 1.29 is 9.21 Å². The molecule has 0 unspecified atom stereocenters. The zero-order valence-corrected chi connectivity index (χ0v) is 16.9. The van der Waals surface area contributed by atoms with Gasteiger partial charge in [-0.2, -0.15) is 5.10 Å². The Morgan fingerprint density at radius 1 is 1.17 bits per heavy atom. The van der Waals surface area contributed by atoms with Crippen molar-refractivity contribution in [1.29, 1.82) is 0 Å². The van der Waals surface area contributed by atoms with E-state index in [2.05, 4.69) is 20.5 Å². The van der Waals surface area contributed by atoms with Crippen molar-refractivity contribution in [3.05, 3.63) is 77.0 Å². The Bertz CT molecular complexity index is 1250. The number of nitrogens with one attached hydrogen (secondary N) is 2. The molecule has 1 fully saturated rings. The van der Waals surface area contributed by atoms with Crippen LogP contribution in [0.25, 0.3) is 22.8 Å². The van der Waals surface area contributed by atoms with E-state index in [0.717, 1.165) is 24.2 Å². The molecule has 7 nitrogen and oxygen atoms in total. The molecule has 1 aliphatic rings. The summed E-state index contributed by atoms with van der Waals surface area (Å²) in [6.07, 6.45) is 3.85. The molecule has 1 amide bonds. The number of H-pyrrole nitrogens is 1. The molecule has 1 saturated carbocycles. The van der Waals surface area contributed by atoms with Crippen LogP contribution in [0.2, 0.25) is 0 Å². The van der Waals surface area contributed by atoms with E-state index in [-0.39, 0.29) is 12.5 Å². The Hall–Kier alpha value is -3.52. The standard InChI is InChI=1S/C22H19N5O2S/c28-20(23-13-19-25-26-22(30)27(19)15-10-11-15)16-8-4-5-9-17(16)21-24-12-18(29-21)14-6-2-1-3-7-14/h1-9,12,15H,10-11,13H2,(H,23,28)(H,26,30). The molecular weight excluding hydrogens is 398 g/mol. The lowest BCUT2D eigenvalue weighted by molar-refractivity contribution is 0.0950. The molecule has 1 aliphatic carbocycles. The average Bonchev–Trinajstić information content (AvgIpc) is 3.37. The molecule has 0 saturated heterocycles. The molecular formula is C22H19N5O2S. The summed E-state index contributed by atoms with van der Waals surface area (Å²) in [4.78, 5) is 17.3. The van der Waals surface area contributed by atoms with Gasteiger partial charge in [-0.1, -0.05) is 42.5 Å². The van der Waals surface area contributed by atoms with Crippen LogP contribution >= 0.6 is 12.2 Å². The fourth-order valence-electron chi connectivity index (χ4n) is 3.43. The van der Waals surface area contributed by atoms with Gasteiger partial charge in [0.1, 0.15) is 0 Å². The number of carbonyl (C=O) groups is 1. The van der Waals surface area contributed by atoms with E-state index in [1.807, 2.05) is 53.1 Å². The van der Waals surface area contributed by atoms with Crippen LogP contribution < -0.4 is 5.32 Å². The molecule has 2 N–H and O–H groups in total. The number of benzene rings is 2. The maximum Gasteiger partial charge on any atom is 0.252 e. The SMILES string of the molecule is O=C(NCc1n[nH]c(=S)n1C1CC1)c1ccccc1-c1ncc(-c2ccccc2)o1. The van der Waals surface area contributed by atoms with E-state index in [0.29, 0.717) is 33.6 Å². The summed E-state index contributed by atoms with van der Waals surface area (Å²) in [6, 6.07) is 17.4. The van der Waals surface area contributed by atoms with Gasteiger partial charge in [0.15, 0.2) is 16.4 Å². The Labute approximate surface area is 177 Å². The lowest BCUT2D eigenvalue weighted by Gasteiger charge is -2.09. The summed E-state index contributed by atoms with van der Waals surface area (Å²) in [6.45, 7) is 0.289. The summed E-state index contributed by atoms with van der Waals surface area (Å²) < 4.78 is 8.53. The van der Waals surface area contributed by atoms with E-state index >= 15 is 0 Å². The van der Waals surface area contributed by atoms with Gasteiger partial charge in [-0.3, -0.25) is 14.5 Å². The zero-order chi connectivity index (χ0) is 20.5. The minimum absolute atomic E-state index is 0.221. The second kappa shape index (κ2) is 7.72. The van der Waals surface area contributed by atoms with Crippen molar-refractivity contribution in [1.82, 2.24) is 25.1 Å². The number of aromatic amines is 1. The van der Waals surface area contributed by atoms with Crippen LogP contribution in [0, 0.1) is 4.77 Å². The van der Waals surface area contributed by atoms with Gasteiger partial charge in [0.05, 0.1) is 18.3 Å². The van der Waals surface area contributed by atoms with Gasteiger partial charge in [0, 0.05) is 17.2 Å². The molecule has 2 aromatic heterocycles. The lowest BCUT2D eigenvalue weighted by atomic mass is 10.1. The monoisotopic (exact) mass is 417 g/mol. The number of nitrogens with zero attached hydrogens (tertiary/aromatic N) is 3. The maximum atomic E-state index is 12.9. The molecule has 0 bridgehead atoms. The largest absolute Gasteiger partial charge is 0.436 e. The fraction of sp³-hybridized carbons (Fsp3) is 0.182. The molecule has 150 valence electrons.